The molecule has 6 nitrogen and oxygen atoms in total. The van der Waals surface area contributed by atoms with Crippen LogP contribution in [0.25, 0.3) is 0 Å². The maximum absolute atomic E-state index is 13.1. The van der Waals surface area contributed by atoms with E-state index in [0.717, 1.165) is 0 Å². The molecule has 2 aromatic rings. The molecule has 0 bridgehead atoms. The summed E-state index contributed by atoms with van der Waals surface area (Å²) in [5.74, 6) is -0.771. The summed E-state index contributed by atoms with van der Waals surface area (Å²) in [5.41, 5.74) is 1.38. The van der Waals surface area contributed by atoms with Gasteiger partial charge in [-0.15, -0.1) is 0 Å². The molecule has 0 aliphatic carbocycles. The van der Waals surface area contributed by atoms with Crippen LogP contribution in [0, 0.1) is 15.9 Å². The molecule has 0 saturated carbocycles. The van der Waals surface area contributed by atoms with Crippen LogP contribution in [0.1, 0.15) is 11.6 Å². The highest BCUT2D eigenvalue weighted by molar-refractivity contribution is 6.04. The lowest BCUT2D eigenvalue weighted by Crippen LogP contribution is -2.19. The number of non-ortho nitro benzene ring substituents is 1. The van der Waals surface area contributed by atoms with Crippen molar-refractivity contribution in [3.63, 3.8) is 0 Å². The number of nitro groups is 1. The third-order valence-corrected chi connectivity index (χ3v) is 3.21. The number of fused-ring (bicyclic) bond motifs is 1. The van der Waals surface area contributed by atoms with Crippen molar-refractivity contribution in [2.24, 2.45) is 0 Å². The number of amides is 1. The fraction of sp³-hybridized carbons (Fsp3) is 0.0714. The second kappa shape index (κ2) is 4.86. The van der Waals surface area contributed by atoms with Crippen LogP contribution in [0.2, 0.25) is 0 Å². The Bertz CT molecular complexity index is 748. The Morgan fingerprint density at radius 3 is 2.81 bits per heavy atom. The lowest BCUT2D eigenvalue weighted by Gasteiger charge is -2.12. The van der Waals surface area contributed by atoms with Gasteiger partial charge < -0.3 is 10.6 Å². The fourth-order valence-corrected chi connectivity index (χ4v) is 2.25. The first kappa shape index (κ1) is 13.0. The van der Waals surface area contributed by atoms with Gasteiger partial charge in [0.25, 0.3) is 11.6 Å². The van der Waals surface area contributed by atoms with E-state index >= 15 is 0 Å². The van der Waals surface area contributed by atoms with Crippen molar-refractivity contribution in [2.45, 2.75) is 6.04 Å². The van der Waals surface area contributed by atoms with Crippen molar-refractivity contribution >= 4 is 23.0 Å². The Labute approximate surface area is 118 Å². The second-order valence-electron chi connectivity index (χ2n) is 4.61. The molecule has 0 spiro atoms. The average molecular weight is 287 g/mol. The first-order valence-electron chi connectivity index (χ1n) is 6.16. The predicted octanol–water partition coefficient (Wildman–Crippen LogP) is 2.84. The molecule has 21 heavy (non-hydrogen) atoms. The van der Waals surface area contributed by atoms with E-state index in [1.165, 1.54) is 36.4 Å². The number of nitro benzene ring substituents is 1. The highest BCUT2D eigenvalue weighted by Crippen LogP contribution is 2.34. The van der Waals surface area contributed by atoms with Crippen LogP contribution in [0.15, 0.2) is 42.5 Å². The van der Waals surface area contributed by atoms with Crippen molar-refractivity contribution in [1.29, 1.82) is 0 Å². The molecule has 106 valence electrons. The van der Waals surface area contributed by atoms with Crippen LogP contribution >= 0.6 is 0 Å². The molecule has 1 amide bonds. The lowest BCUT2D eigenvalue weighted by atomic mass is 10.1. The minimum atomic E-state index is -0.706. The van der Waals surface area contributed by atoms with Crippen molar-refractivity contribution in [1.82, 2.24) is 0 Å². The Balaban J connectivity index is 1.91. The molecule has 0 fully saturated rings. The number of carbonyl (C=O) groups excluding carboxylic acids is 1. The summed E-state index contributed by atoms with van der Waals surface area (Å²) < 4.78 is 13.1. The first-order chi connectivity index (χ1) is 10.0. The summed E-state index contributed by atoms with van der Waals surface area (Å²) in [5, 5.41) is 16.2. The van der Waals surface area contributed by atoms with Crippen LogP contribution in [0.3, 0.4) is 0 Å². The van der Waals surface area contributed by atoms with E-state index in [1.54, 1.807) is 6.07 Å². The molecular formula is C14H10FN3O3. The van der Waals surface area contributed by atoms with Crippen molar-refractivity contribution in [2.75, 3.05) is 10.6 Å². The van der Waals surface area contributed by atoms with Crippen molar-refractivity contribution in [3.8, 4) is 0 Å². The topological polar surface area (TPSA) is 84.3 Å². The molecule has 1 atom stereocenters. The Morgan fingerprint density at radius 1 is 1.24 bits per heavy atom. The average Bonchev–Trinajstić information content (AvgIpc) is 2.74. The lowest BCUT2D eigenvalue weighted by molar-refractivity contribution is -0.384. The molecule has 0 radical (unpaired) electrons. The van der Waals surface area contributed by atoms with E-state index in [-0.39, 0.29) is 11.6 Å². The van der Waals surface area contributed by atoms with Crippen molar-refractivity contribution < 1.29 is 14.1 Å². The molecule has 0 saturated heterocycles. The normalized spacial score (nSPS) is 16.2. The highest BCUT2D eigenvalue weighted by atomic mass is 19.1. The molecule has 1 aliphatic heterocycles. The first-order valence-corrected chi connectivity index (χ1v) is 6.16. The predicted molar refractivity (Wildman–Crippen MR) is 74.5 cm³/mol. The number of hydrogen-bond donors (Lipinski definition) is 2. The summed E-state index contributed by atoms with van der Waals surface area (Å²) in [6.45, 7) is 0. The molecular weight excluding hydrogens is 277 g/mol. The SMILES string of the molecule is O=C1Nc2cc(F)ccc2C1Nc1cccc([N+](=O)[O-])c1. The van der Waals surface area contributed by atoms with Gasteiger partial charge in [-0.1, -0.05) is 12.1 Å². The standard InChI is InChI=1S/C14H10FN3O3/c15-8-4-5-11-12(6-8)17-14(19)13(11)16-9-2-1-3-10(7-9)18(20)21/h1-7,13,16H,(H,17,19). The van der Waals surface area contributed by atoms with Crippen LogP contribution in [0.4, 0.5) is 21.5 Å². The zero-order chi connectivity index (χ0) is 15.0. The number of anilines is 2. The zero-order valence-electron chi connectivity index (χ0n) is 10.7. The molecule has 1 unspecified atom stereocenters. The van der Waals surface area contributed by atoms with Gasteiger partial charge in [-0.05, 0) is 18.2 Å². The minimum absolute atomic E-state index is 0.0715. The summed E-state index contributed by atoms with van der Waals surface area (Å²) in [7, 11) is 0. The van der Waals surface area contributed by atoms with Gasteiger partial charge in [-0.2, -0.15) is 0 Å². The van der Waals surface area contributed by atoms with E-state index in [1.807, 2.05) is 0 Å². The third-order valence-electron chi connectivity index (χ3n) is 3.21. The number of carbonyl (C=O) groups is 1. The van der Waals surface area contributed by atoms with Gasteiger partial charge in [0.1, 0.15) is 11.9 Å². The van der Waals surface area contributed by atoms with Crippen LogP contribution < -0.4 is 10.6 Å². The highest BCUT2D eigenvalue weighted by Gasteiger charge is 2.30. The van der Waals surface area contributed by atoms with Crippen LogP contribution in [0.5, 0.6) is 0 Å². The number of nitrogens with one attached hydrogen (secondary N) is 2. The maximum Gasteiger partial charge on any atom is 0.271 e. The van der Waals surface area contributed by atoms with Gasteiger partial charge in [0.15, 0.2) is 0 Å². The molecule has 7 heteroatoms. The molecule has 1 aliphatic rings. The summed E-state index contributed by atoms with van der Waals surface area (Å²) in [6, 6.07) is 9.17. The van der Waals surface area contributed by atoms with Crippen molar-refractivity contribution in [3.05, 3.63) is 64.0 Å². The number of halogens is 1. The van der Waals surface area contributed by atoms with Crippen LogP contribution in [-0.2, 0) is 4.79 Å². The largest absolute Gasteiger partial charge is 0.370 e. The Hall–Kier alpha value is -2.96. The molecule has 2 N–H and O–H groups in total. The van der Waals surface area contributed by atoms with E-state index in [9.17, 15) is 19.3 Å². The van der Waals surface area contributed by atoms with Gasteiger partial charge in [0.05, 0.1) is 4.92 Å². The maximum atomic E-state index is 13.1. The van der Waals surface area contributed by atoms with Gasteiger partial charge in [-0.3, -0.25) is 14.9 Å². The quantitative estimate of drug-likeness (QED) is 0.671. The molecule has 1 heterocycles. The van der Waals surface area contributed by atoms with E-state index in [0.29, 0.717) is 16.9 Å². The smallest absolute Gasteiger partial charge is 0.271 e. The molecule has 0 aromatic heterocycles. The number of nitrogens with zero attached hydrogens (tertiary/aromatic N) is 1. The number of rotatable bonds is 3. The number of benzene rings is 2. The van der Waals surface area contributed by atoms with Gasteiger partial charge >= 0.3 is 0 Å². The minimum Gasteiger partial charge on any atom is -0.370 e. The van der Waals surface area contributed by atoms with E-state index < -0.39 is 16.8 Å². The fourth-order valence-electron chi connectivity index (χ4n) is 2.25. The Morgan fingerprint density at radius 2 is 2.05 bits per heavy atom. The van der Waals surface area contributed by atoms with Gasteiger partial charge in [0.2, 0.25) is 0 Å². The van der Waals surface area contributed by atoms with Gasteiger partial charge in [0, 0.05) is 29.1 Å². The summed E-state index contributed by atoms with van der Waals surface area (Å²) >= 11 is 0. The monoisotopic (exact) mass is 287 g/mol. The molecule has 2 aromatic carbocycles. The van der Waals surface area contributed by atoms with E-state index in [2.05, 4.69) is 10.6 Å². The van der Waals surface area contributed by atoms with Gasteiger partial charge in [-0.25, -0.2) is 4.39 Å². The second-order valence-corrected chi connectivity index (χ2v) is 4.61. The van der Waals surface area contributed by atoms with E-state index in [4.69, 9.17) is 0 Å². The summed E-state index contributed by atoms with van der Waals surface area (Å²) in [6.07, 6.45) is 0. The Kier molecular flexibility index (Phi) is 3.02. The van der Waals surface area contributed by atoms with Crippen LogP contribution in [-0.4, -0.2) is 10.8 Å². The zero-order valence-corrected chi connectivity index (χ0v) is 10.7. The third kappa shape index (κ3) is 2.40. The number of hydrogen-bond acceptors (Lipinski definition) is 4. The molecule has 3 rings (SSSR count). The summed E-state index contributed by atoms with van der Waals surface area (Å²) in [4.78, 5) is 22.2.